The van der Waals surface area contributed by atoms with E-state index in [1.807, 2.05) is 12.1 Å². The standard InChI is InChI=1S/C15H19NO/c1-12(2)16-14(8-9-15(16)11-17)10-13-6-4-3-5-7-13/h3-9,12,17H,10-11H2,1-2H3. The molecule has 0 radical (unpaired) electrons. The first kappa shape index (κ1) is 11.9. The van der Waals surface area contributed by atoms with E-state index >= 15 is 0 Å². The Balaban J connectivity index is 2.30. The van der Waals surface area contributed by atoms with Crippen LogP contribution in [-0.4, -0.2) is 9.67 Å². The molecule has 0 bridgehead atoms. The highest BCUT2D eigenvalue weighted by Crippen LogP contribution is 2.19. The number of hydrogen-bond acceptors (Lipinski definition) is 1. The number of aliphatic hydroxyl groups excluding tert-OH is 1. The summed E-state index contributed by atoms with van der Waals surface area (Å²) in [6.45, 7) is 4.40. The third-order valence-corrected chi connectivity index (χ3v) is 2.99. The lowest BCUT2D eigenvalue weighted by atomic mass is 10.1. The largest absolute Gasteiger partial charge is 0.390 e. The molecule has 1 aromatic carbocycles. The highest BCUT2D eigenvalue weighted by atomic mass is 16.3. The molecule has 0 amide bonds. The van der Waals surface area contributed by atoms with Gasteiger partial charge in [-0.3, -0.25) is 0 Å². The van der Waals surface area contributed by atoms with Gasteiger partial charge in [0.05, 0.1) is 6.61 Å². The van der Waals surface area contributed by atoms with Gasteiger partial charge in [-0.2, -0.15) is 0 Å². The van der Waals surface area contributed by atoms with Gasteiger partial charge in [0.1, 0.15) is 0 Å². The minimum absolute atomic E-state index is 0.104. The van der Waals surface area contributed by atoms with Crippen LogP contribution in [-0.2, 0) is 13.0 Å². The predicted octanol–water partition coefficient (Wildman–Crippen LogP) is 3.15. The molecule has 0 saturated heterocycles. The topological polar surface area (TPSA) is 25.2 Å². The molecule has 0 unspecified atom stereocenters. The van der Waals surface area contributed by atoms with E-state index in [1.54, 1.807) is 0 Å². The molecule has 17 heavy (non-hydrogen) atoms. The van der Waals surface area contributed by atoms with E-state index in [0.29, 0.717) is 6.04 Å². The van der Waals surface area contributed by atoms with Crippen LogP contribution in [0.5, 0.6) is 0 Å². The quantitative estimate of drug-likeness (QED) is 0.856. The summed E-state index contributed by atoms with van der Waals surface area (Å²) in [6, 6.07) is 14.9. The molecule has 0 fully saturated rings. The third-order valence-electron chi connectivity index (χ3n) is 2.99. The Bertz CT molecular complexity index is 471. The number of hydrogen-bond donors (Lipinski definition) is 1. The summed E-state index contributed by atoms with van der Waals surface area (Å²) >= 11 is 0. The van der Waals surface area contributed by atoms with Crippen molar-refractivity contribution in [1.82, 2.24) is 4.57 Å². The zero-order valence-corrected chi connectivity index (χ0v) is 10.4. The van der Waals surface area contributed by atoms with Crippen LogP contribution in [0.1, 0.15) is 36.8 Å². The van der Waals surface area contributed by atoms with Crippen molar-refractivity contribution in [2.75, 3.05) is 0 Å². The normalized spacial score (nSPS) is 11.1. The minimum atomic E-state index is 0.104. The van der Waals surface area contributed by atoms with E-state index in [4.69, 9.17) is 0 Å². The molecule has 90 valence electrons. The summed E-state index contributed by atoms with van der Waals surface area (Å²) in [5.41, 5.74) is 3.55. The van der Waals surface area contributed by atoms with Crippen LogP contribution >= 0.6 is 0 Å². The van der Waals surface area contributed by atoms with Crippen molar-refractivity contribution in [3.05, 3.63) is 59.4 Å². The van der Waals surface area contributed by atoms with Crippen molar-refractivity contribution in [2.24, 2.45) is 0 Å². The molecule has 1 N–H and O–H groups in total. The minimum Gasteiger partial charge on any atom is -0.390 e. The van der Waals surface area contributed by atoms with E-state index in [9.17, 15) is 5.11 Å². The molecule has 2 nitrogen and oxygen atoms in total. The van der Waals surface area contributed by atoms with Gasteiger partial charge in [-0.1, -0.05) is 30.3 Å². The van der Waals surface area contributed by atoms with E-state index in [2.05, 4.69) is 48.7 Å². The van der Waals surface area contributed by atoms with Gasteiger partial charge in [-0.15, -0.1) is 0 Å². The van der Waals surface area contributed by atoms with E-state index in [-0.39, 0.29) is 6.61 Å². The molecule has 0 atom stereocenters. The summed E-state index contributed by atoms with van der Waals surface area (Å²) in [4.78, 5) is 0. The monoisotopic (exact) mass is 229 g/mol. The first-order valence-electron chi connectivity index (χ1n) is 6.06. The second-order valence-electron chi connectivity index (χ2n) is 4.60. The van der Waals surface area contributed by atoms with Gasteiger partial charge in [-0.05, 0) is 31.5 Å². The Morgan fingerprint density at radius 2 is 1.65 bits per heavy atom. The lowest BCUT2D eigenvalue weighted by Gasteiger charge is -2.16. The zero-order chi connectivity index (χ0) is 12.3. The second kappa shape index (κ2) is 5.19. The highest BCUT2D eigenvalue weighted by Gasteiger charge is 2.10. The first-order chi connectivity index (χ1) is 8.22. The third kappa shape index (κ3) is 2.59. The van der Waals surface area contributed by atoms with E-state index in [1.165, 1.54) is 11.3 Å². The summed E-state index contributed by atoms with van der Waals surface area (Å²) < 4.78 is 2.22. The van der Waals surface area contributed by atoms with Crippen molar-refractivity contribution in [2.45, 2.75) is 32.9 Å². The van der Waals surface area contributed by atoms with Crippen LogP contribution < -0.4 is 0 Å². The smallest absolute Gasteiger partial charge is 0.0833 e. The molecular formula is C15H19NO. The molecule has 0 aliphatic carbocycles. The molecule has 1 heterocycles. The van der Waals surface area contributed by atoms with E-state index < -0.39 is 0 Å². The van der Waals surface area contributed by atoms with Crippen LogP contribution in [0.15, 0.2) is 42.5 Å². The Morgan fingerprint density at radius 3 is 2.24 bits per heavy atom. The van der Waals surface area contributed by atoms with Gasteiger partial charge < -0.3 is 9.67 Å². The highest BCUT2D eigenvalue weighted by molar-refractivity contribution is 5.25. The fourth-order valence-corrected chi connectivity index (χ4v) is 2.28. The SMILES string of the molecule is CC(C)n1c(CO)ccc1Cc1ccccc1. The Kier molecular flexibility index (Phi) is 3.64. The Morgan fingerprint density at radius 1 is 1.00 bits per heavy atom. The average molecular weight is 229 g/mol. The fourth-order valence-electron chi connectivity index (χ4n) is 2.28. The number of nitrogens with zero attached hydrogens (tertiary/aromatic N) is 1. The van der Waals surface area contributed by atoms with Crippen molar-refractivity contribution in [3.8, 4) is 0 Å². The van der Waals surface area contributed by atoms with Gasteiger partial charge >= 0.3 is 0 Å². The van der Waals surface area contributed by atoms with Gasteiger partial charge in [0.25, 0.3) is 0 Å². The van der Waals surface area contributed by atoms with Crippen molar-refractivity contribution < 1.29 is 5.11 Å². The molecule has 1 aromatic heterocycles. The van der Waals surface area contributed by atoms with Crippen molar-refractivity contribution in [3.63, 3.8) is 0 Å². The summed E-state index contributed by atoms with van der Waals surface area (Å²) in [7, 11) is 0. The van der Waals surface area contributed by atoms with Crippen LogP contribution in [0, 0.1) is 0 Å². The van der Waals surface area contributed by atoms with Crippen molar-refractivity contribution >= 4 is 0 Å². The molecule has 0 saturated carbocycles. The van der Waals surface area contributed by atoms with Crippen LogP contribution in [0.3, 0.4) is 0 Å². The number of rotatable bonds is 4. The summed E-state index contributed by atoms with van der Waals surface area (Å²) in [6.07, 6.45) is 0.916. The number of aromatic nitrogens is 1. The molecule has 2 aromatic rings. The lowest BCUT2D eigenvalue weighted by molar-refractivity contribution is 0.267. The molecule has 2 heteroatoms. The van der Waals surface area contributed by atoms with Gasteiger partial charge in [0, 0.05) is 23.9 Å². The van der Waals surface area contributed by atoms with Crippen LogP contribution in [0.2, 0.25) is 0 Å². The molecule has 0 spiro atoms. The van der Waals surface area contributed by atoms with Crippen LogP contribution in [0.25, 0.3) is 0 Å². The summed E-state index contributed by atoms with van der Waals surface area (Å²) in [5, 5.41) is 9.33. The molecule has 2 rings (SSSR count). The Hall–Kier alpha value is -1.54. The molecule has 0 aliphatic rings. The van der Waals surface area contributed by atoms with Gasteiger partial charge in [-0.25, -0.2) is 0 Å². The predicted molar refractivity (Wildman–Crippen MR) is 70.0 cm³/mol. The van der Waals surface area contributed by atoms with Crippen molar-refractivity contribution in [1.29, 1.82) is 0 Å². The first-order valence-corrected chi connectivity index (χ1v) is 6.06. The maximum absolute atomic E-state index is 9.33. The number of aliphatic hydroxyl groups is 1. The average Bonchev–Trinajstić information content (AvgIpc) is 2.73. The second-order valence-corrected chi connectivity index (χ2v) is 4.60. The zero-order valence-electron chi connectivity index (χ0n) is 10.4. The molecular weight excluding hydrogens is 210 g/mol. The maximum Gasteiger partial charge on any atom is 0.0833 e. The molecule has 0 aliphatic heterocycles. The van der Waals surface area contributed by atoms with Gasteiger partial charge in [0.2, 0.25) is 0 Å². The maximum atomic E-state index is 9.33. The number of benzene rings is 1. The fraction of sp³-hybridized carbons (Fsp3) is 0.333. The lowest BCUT2D eigenvalue weighted by Crippen LogP contribution is -2.09. The van der Waals surface area contributed by atoms with E-state index in [0.717, 1.165) is 12.1 Å². The summed E-state index contributed by atoms with van der Waals surface area (Å²) in [5.74, 6) is 0. The van der Waals surface area contributed by atoms with Gasteiger partial charge in [0.15, 0.2) is 0 Å². The van der Waals surface area contributed by atoms with Crippen LogP contribution in [0.4, 0.5) is 0 Å². The Labute approximate surface area is 103 Å².